The van der Waals surface area contributed by atoms with Crippen LogP contribution in [0.5, 0.6) is 0 Å². The molecule has 1 heterocycles. The summed E-state index contributed by atoms with van der Waals surface area (Å²) in [5.41, 5.74) is 1.75. The minimum Gasteiger partial charge on any atom is -0.354 e. The Hall–Kier alpha value is -1.36. The summed E-state index contributed by atoms with van der Waals surface area (Å²) < 4.78 is 0.928. The summed E-state index contributed by atoms with van der Waals surface area (Å²) in [6.45, 7) is 3.55. The first-order valence-electron chi connectivity index (χ1n) is 5.90. The first-order chi connectivity index (χ1) is 8.58. The third-order valence-electron chi connectivity index (χ3n) is 3.02. The van der Waals surface area contributed by atoms with Gasteiger partial charge in [0.05, 0.1) is 0 Å². The van der Waals surface area contributed by atoms with Gasteiger partial charge in [0.15, 0.2) is 0 Å². The van der Waals surface area contributed by atoms with E-state index in [1.807, 2.05) is 25.1 Å². The zero-order valence-corrected chi connectivity index (χ0v) is 11.8. The van der Waals surface area contributed by atoms with Crippen molar-refractivity contribution in [1.29, 1.82) is 0 Å². The molecule has 18 heavy (non-hydrogen) atoms. The van der Waals surface area contributed by atoms with Crippen molar-refractivity contribution in [2.75, 3.05) is 19.6 Å². The molecule has 0 spiro atoms. The Morgan fingerprint density at radius 2 is 2.17 bits per heavy atom. The van der Waals surface area contributed by atoms with Crippen LogP contribution in [-0.4, -0.2) is 36.3 Å². The molecule has 1 saturated heterocycles. The molecule has 1 aliphatic rings. The van der Waals surface area contributed by atoms with E-state index < -0.39 is 0 Å². The zero-order chi connectivity index (χ0) is 13.1. The largest absolute Gasteiger partial charge is 0.354 e. The van der Waals surface area contributed by atoms with Gasteiger partial charge in [-0.2, -0.15) is 0 Å². The zero-order valence-electron chi connectivity index (χ0n) is 10.2. The van der Waals surface area contributed by atoms with E-state index in [4.69, 9.17) is 0 Å². The smallest absolute Gasteiger partial charge is 0.253 e. The number of carbonyl (C=O) groups excluding carboxylic acids is 2. The molecule has 0 unspecified atom stereocenters. The van der Waals surface area contributed by atoms with E-state index in [9.17, 15) is 9.59 Å². The number of aryl methyl sites for hydroxylation is 1. The van der Waals surface area contributed by atoms with Crippen LogP contribution in [0.4, 0.5) is 0 Å². The summed E-state index contributed by atoms with van der Waals surface area (Å²) in [6, 6.07) is 5.57. The van der Waals surface area contributed by atoms with Crippen molar-refractivity contribution in [2.24, 2.45) is 0 Å². The lowest BCUT2D eigenvalue weighted by Gasteiger charge is -2.19. The van der Waals surface area contributed by atoms with Gasteiger partial charge in [-0.15, -0.1) is 0 Å². The number of nitrogens with zero attached hydrogens (tertiary/aromatic N) is 1. The molecule has 5 heteroatoms. The van der Waals surface area contributed by atoms with Crippen LogP contribution in [0.2, 0.25) is 0 Å². The summed E-state index contributed by atoms with van der Waals surface area (Å²) in [5, 5.41) is 2.76. The summed E-state index contributed by atoms with van der Waals surface area (Å²) >= 11 is 3.43. The molecule has 96 valence electrons. The number of benzene rings is 1. The maximum absolute atomic E-state index is 12.3. The quantitative estimate of drug-likeness (QED) is 0.858. The molecule has 0 radical (unpaired) electrons. The van der Waals surface area contributed by atoms with Crippen molar-refractivity contribution < 1.29 is 9.59 Å². The molecule has 1 aliphatic heterocycles. The molecule has 4 nitrogen and oxygen atoms in total. The molecular formula is C13H15BrN2O2. The van der Waals surface area contributed by atoms with E-state index in [0.29, 0.717) is 31.6 Å². The van der Waals surface area contributed by atoms with Crippen LogP contribution in [0.15, 0.2) is 22.7 Å². The predicted molar refractivity (Wildman–Crippen MR) is 72.4 cm³/mol. The van der Waals surface area contributed by atoms with Crippen LogP contribution in [-0.2, 0) is 4.79 Å². The fourth-order valence-corrected chi connectivity index (χ4v) is 2.26. The Labute approximate surface area is 114 Å². The standard InChI is InChI=1S/C13H15BrN2O2/c1-9-2-3-10(8-11(9)14)13(18)16-6-4-12(17)15-5-7-16/h2-3,8H,4-7H2,1H3,(H,15,17). The minimum atomic E-state index is -0.0211. The molecule has 1 fully saturated rings. The molecule has 0 bridgehead atoms. The van der Waals surface area contributed by atoms with Gasteiger partial charge in [0.25, 0.3) is 5.91 Å². The highest BCUT2D eigenvalue weighted by atomic mass is 79.9. The lowest BCUT2D eigenvalue weighted by Crippen LogP contribution is -2.34. The van der Waals surface area contributed by atoms with E-state index in [0.717, 1.165) is 10.0 Å². The Bertz CT molecular complexity index is 488. The minimum absolute atomic E-state index is 0.00962. The third kappa shape index (κ3) is 2.90. The number of carbonyl (C=O) groups is 2. The second kappa shape index (κ2) is 5.52. The fraction of sp³-hybridized carbons (Fsp3) is 0.385. The summed E-state index contributed by atoms with van der Waals surface area (Å²) in [5.74, 6) is -0.0115. The Kier molecular flexibility index (Phi) is 4.01. The molecule has 1 N–H and O–H groups in total. The maximum Gasteiger partial charge on any atom is 0.253 e. The fourth-order valence-electron chi connectivity index (χ4n) is 1.88. The summed E-state index contributed by atoms with van der Waals surface area (Å²) in [4.78, 5) is 25.2. The van der Waals surface area contributed by atoms with Gasteiger partial charge in [0, 0.05) is 36.1 Å². The highest BCUT2D eigenvalue weighted by Gasteiger charge is 2.19. The number of amides is 2. The highest BCUT2D eigenvalue weighted by Crippen LogP contribution is 2.18. The van der Waals surface area contributed by atoms with Gasteiger partial charge < -0.3 is 10.2 Å². The Morgan fingerprint density at radius 3 is 2.89 bits per heavy atom. The normalized spacial score (nSPS) is 16.1. The molecule has 1 aromatic rings. The number of nitrogens with one attached hydrogen (secondary N) is 1. The van der Waals surface area contributed by atoms with Gasteiger partial charge in [-0.3, -0.25) is 9.59 Å². The average molecular weight is 311 g/mol. The number of hydrogen-bond donors (Lipinski definition) is 1. The van der Waals surface area contributed by atoms with Gasteiger partial charge in [-0.25, -0.2) is 0 Å². The summed E-state index contributed by atoms with van der Waals surface area (Å²) in [7, 11) is 0. The van der Waals surface area contributed by atoms with Crippen LogP contribution < -0.4 is 5.32 Å². The van der Waals surface area contributed by atoms with Gasteiger partial charge in [0.2, 0.25) is 5.91 Å². The van der Waals surface area contributed by atoms with Gasteiger partial charge in [-0.05, 0) is 24.6 Å². The third-order valence-corrected chi connectivity index (χ3v) is 3.87. The monoisotopic (exact) mass is 310 g/mol. The van der Waals surface area contributed by atoms with Crippen LogP contribution >= 0.6 is 15.9 Å². The lowest BCUT2D eigenvalue weighted by molar-refractivity contribution is -0.120. The van der Waals surface area contributed by atoms with Crippen molar-refractivity contribution >= 4 is 27.7 Å². The summed E-state index contributed by atoms with van der Waals surface area (Å²) in [6.07, 6.45) is 0.374. The van der Waals surface area contributed by atoms with E-state index >= 15 is 0 Å². The van der Waals surface area contributed by atoms with Crippen LogP contribution in [0.3, 0.4) is 0 Å². The topological polar surface area (TPSA) is 49.4 Å². The lowest BCUT2D eigenvalue weighted by atomic mass is 10.1. The molecule has 1 aromatic carbocycles. The second-order valence-electron chi connectivity index (χ2n) is 4.36. The SMILES string of the molecule is Cc1ccc(C(=O)N2CCNC(=O)CC2)cc1Br. The molecule has 0 aliphatic carbocycles. The van der Waals surface area contributed by atoms with E-state index in [1.165, 1.54) is 0 Å². The second-order valence-corrected chi connectivity index (χ2v) is 5.21. The number of rotatable bonds is 1. The van der Waals surface area contributed by atoms with E-state index in [2.05, 4.69) is 21.2 Å². The highest BCUT2D eigenvalue weighted by molar-refractivity contribution is 9.10. The molecule has 2 amide bonds. The van der Waals surface area contributed by atoms with Crippen molar-refractivity contribution in [1.82, 2.24) is 10.2 Å². The first-order valence-corrected chi connectivity index (χ1v) is 6.69. The first kappa shape index (κ1) is 13.1. The van der Waals surface area contributed by atoms with E-state index in [-0.39, 0.29) is 11.8 Å². The molecule has 2 rings (SSSR count). The van der Waals surface area contributed by atoms with Crippen molar-refractivity contribution in [2.45, 2.75) is 13.3 Å². The molecule has 0 saturated carbocycles. The van der Waals surface area contributed by atoms with E-state index in [1.54, 1.807) is 4.90 Å². The van der Waals surface area contributed by atoms with Crippen molar-refractivity contribution in [3.05, 3.63) is 33.8 Å². The van der Waals surface area contributed by atoms with Gasteiger partial charge >= 0.3 is 0 Å². The molecule has 0 aromatic heterocycles. The number of halogens is 1. The van der Waals surface area contributed by atoms with Gasteiger partial charge in [-0.1, -0.05) is 22.0 Å². The maximum atomic E-state index is 12.3. The Morgan fingerprint density at radius 1 is 1.39 bits per heavy atom. The Balaban J connectivity index is 2.14. The molecule has 0 atom stereocenters. The molecular weight excluding hydrogens is 296 g/mol. The van der Waals surface area contributed by atoms with Crippen molar-refractivity contribution in [3.8, 4) is 0 Å². The number of hydrogen-bond acceptors (Lipinski definition) is 2. The van der Waals surface area contributed by atoms with Crippen LogP contribution in [0.25, 0.3) is 0 Å². The van der Waals surface area contributed by atoms with Crippen LogP contribution in [0.1, 0.15) is 22.3 Å². The van der Waals surface area contributed by atoms with Gasteiger partial charge in [0.1, 0.15) is 0 Å². The predicted octanol–water partition coefficient (Wildman–Crippen LogP) is 1.72. The van der Waals surface area contributed by atoms with Crippen molar-refractivity contribution in [3.63, 3.8) is 0 Å². The average Bonchev–Trinajstić information content (AvgIpc) is 2.57. The van der Waals surface area contributed by atoms with Crippen LogP contribution in [0, 0.1) is 6.92 Å².